The molecular formula is C19H22F3N5O3. The Hall–Kier alpha value is -2.95. The number of nitrogens with zero attached hydrogens (tertiary/aromatic N) is 3. The molecule has 1 fully saturated rings. The van der Waals surface area contributed by atoms with Crippen LogP contribution >= 0.6 is 0 Å². The Balaban J connectivity index is 1.51. The van der Waals surface area contributed by atoms with Crippen LogP contribution in [-0.4, -0.2) is 52.5 Å². The molecule has 0 unspecified atom stereocenters. The molecule has 0 aliphatic carbocycles. The number of aryl methyl sites for hydroxylation is 1. The van der Waals surface area contributed by atoms with Crippen LogP contribution in [0, 0.1) is 24.4 Å². The van der Waals surface area contributed by atoms with Gasteiger partial charge in [-0.2, -0.15) is 4.98 Å². The summed E-state index contributed by atoms with van der Waals surface area (Å²) < 4.78 is 45.0. The first-order valence-corrected chi connectivity index (χ1v) is 9.51. The van der Waals surface area contributed by atoms with Crippen LogP contribution in [0.5, 0.6) is 0 Å². The molecule has 1 aromatic carbocycles. The number of carbonyl (C=O) groups excluding carboxylic acids is 2. The number of rotatable bonds is 6. The zero-order chi connectivity index (χ0) is 21.8. The lowest BCUT2D eigenvalue weighted by Gasteiger charge is -2.34. The van der Waals surface area contributed by atoms with Gasteiger partial charge in [0.05, 0.1) is 24.2 Å². The largest absolute Gasteiger partial charge is 0.346 e. The second-order valence-electron chi connectivity index (χ2n) is 7.18. The highest BCUT2D eigenvalue weighted by atomic mass is 19.2. The molecular weight excluding hydrogens is 403 g/mol. The van der Waals surface area contributed by atoms with Gasteiger partial charge < -0.3 is 15.2 Å². The van der Waals surface area contributed by atoms with Crippen molar-refractivity contribution in [2.45, 2.75) is 38.6 Å². The van der Waals surface area contributed by atoms with Crippen LogP contribution < -0.4 is 10.6 Å². The molecule has 0 bridgehead atoms. The first-order valence-electron chi connectivity index (χ1n) is 9.51. The Kier molecular flexibility index (Phi) is 6.70. The third-order valence-corrected chi connectivity index (χ3v) is 5.00. The fourth-order valence-electron chi connectivity index (χ4n) is 3.34. The van der Waals surface area contributed by atoms with E-state index >= 15 is 0 Å². The number of aromatic nitrogens is 2. The molecule has 0 spiro atoms. The summed E-state index contributed by atoms with van der Waals surface area (Å²) in [7, 11) is 0. The van der Waals surface area contributed by atoms with E-state index in [1.165, 1.54) is 0 Å². The Labute approximate surface area is 170 Å². The van der Waals surface area contributed by atoms with Gasteiger partial charge in [-0.15, -0.1) is 0 Å². The van der Waals surface area contributed by atoms with Crippen molar-refractivity contribution in [3.8, 4) is 0 Å². The number of amides is 2. The maximum atomic E-state index is 13.6. The van der Waals surface area contributed by atoms with E-state index < -0.39 is 47.5 Å². The first-order chi connectivity index (χ1) is 14.3. The molecule has 2 amide bonds. The van der Waals surface area contributed by atoms with E-state index in [1.54, 1.807) is 13.8 Å². The van der Waals surface area contributed by atoms with Gasteiger partial charge in [0.2, 0.25) is 17.7 Å². The number of halogens is 3. The van der Waals surface area contributed by atoms with E-state index in [0.29, 0.717) is 30.9 Å². The van der Waals surface area contributed by atoms with Gasteiger partial charge in [0, 0.05) is 6.54 Å². The molecule has 11 heteroatoms. The molecule has 3 rings (SSSR count). The maximum absolute atomic E-state index is 13.6. The number of piperidine rings is 1. The average molecular weight is 425 g/mol. The topological polar surface area (TPSA) is 100 Å². The summed E-state index contributed by atoms with van der Waals surface area (Å²) in [6, 6.07) is 1.08. The minimum Gasteiger partial charge on any atom is -0.346 e. The van der Waals surface area contributed by atoms with Gasteiger partial charge >= 0.3 is 0 Å². The van der Waals surface area contributed by atoms with E-state index in [-0.39, 0.29) is 5.92 Å². The monoisotopic (exact) mass is 425 g/mol. The van der Waals surface area contributed by atoms with Crippen LogP contribution in [0.25, 0.3) is 0 Å². The highest BCUT2D eigenvalue weighted by Gasteiger charge is 2.30. The molecule has 1 saturated heterocycles. The van der Waals surface area contributed by atoms with E-state index in [2.05, 4.69) is 20.8 Å². The molecule has 2 atom stereocenters. The summed E-state index contributed by atoms with van der Waals surface area (Å²) in [4.78, 5) is 30.6. The number of benzene rings is 1. The van der Waals surface area contributed by atoms with Gasteiger partial charge in [-0.1, -0.05) is 5.16 Å². The van der Waals surface area contributed by atoms with Crippen LogP contribution in [-0.2, 0) is 9.59 Å². The van der Waals surface area contributed by atoms with Crippen LogP contribution in [0.3, 0.4) is 0 Å². The lowest BCUT2D eigenvalue weighted by atomic mass is 9.96. The summed E-state index contributed by atoms with van der Waals surface area (Å²) in [6.45, 7) is 4.26. The van der Waals surface area contributed by atoms with Crippen molar-refractivity contribution in [3.63, 3.8) is 0 Å². The minimum absolute atomic E-state index is 0.0230. The lowest BCUT2D eigenvalue weighted by molar-refractivity contribution is -0.128. The van der Waals surface area contributed by atoms with E-state index in [1.807, 2.05) is 4.90 Å². The summed E-state index contributed by atoms with van der Waals surface area (Å²) in [6.07, 6.45) is 1.72. The van der Waals surface area contributed by atoms with Gasteiger partial charge in [-0.3, -0.25) is 14.5 Å². The summed E-state index contributed by atoms with van der Waals surface area (Å²) in [5.41, 5.74) is -0.505. The van der Waals surface area contributed by atoms with E-state index in [4.69, 9.17) is 4.52 Å². The van der Waals surface area contributed by atoms with Gasteiger partial charge in [0.25, 0.3) is 0 Å². The van der Waals surface area contributed by atoms with E-state index in [9.17, 15) is 22.8 Å². The smallest absolute Gasteiger partial charge is 0.243 e. The highest BCUT2D eigenvalue weighted by molar-refractivity contribution is 5.95. The predicted octanol–water partition coefficient (Wildman–Crippen LogP) is 2.12. The Morgan fingerprint density at radius 1 is 1.30 bits per heavy atom. The summed E-state index contributed by atoms with van der Waals surface area (Å²) >= 11 is 0. The van der Waals surface area contributed by atoms with Gasteiger partial charge in [0.15, 0.2) is 23.3 Å². The molecule has 1 aliphatic heterocycles. The van der Waals surface area contributed by atoms with Crippen molar-refractivity contribution < 1.29 is 27.3 Å². The third kappa shape index (κ3) is 4.96. The Morgan fingerprint density at radius 3 is 2.77 bits per heavy atom. The molecule has 1 aromatic heterocycles. The van der Waals surface area contributed by atoms with Crippen LogP contribution in [0.1, 0.15) is 37.4 Å². The lowest BCUT2D eigenvalue weighted by Crippen LogP contribution is -2.49. The number of nitrogens with one attached hydrogen (secondary N) is 2. The normalized spacial score (nSPS) is 18.1. The molecule has 1 aliphatic rings. The quantitative estimate of drug-likeness (QED) is 0.688. The number of likely N-dealkylation sites (tertiary alicyclic amines) is 1. The van der Waals surface area contributed by atoms with Crippen molar-refractivity contribution in [3.05, 3.63) is 41.3 Å². The first kappa shape index (κ1) is 21.8. The van der Waals surface area contributed by atoms with E-state index in [0.717, 1.165) is 18.9 Å². The maximum Gasteiger partial charge on any atom is 0.243 e. The number of hydrogen-bond acceptors (Lipinski definition) is 6. The summed E-state index contributed by atoms with van der Waals surface area (Å²) in [5.74, 6) is -4.58. The van der Waals surface area contributed by atoms with Crippen molar-refractivity contribution in [1.82, 2.24) is 20.4 Å². The van der Waals surface area contributed by atoms with Crippen LogP contribution in [0.2, 0.25) is 0 Å². The third-order valence-electron chi connectivity index (χ3n) is 5.00. The average Bonchev–Trinajstić information content (AvgIpc) is 3.18. The molecule has 2 N–H and O–H groups in total. The fraction of sp³-hybridized carbons (Fsp3) is 0.474. The highest BCUT2D eigenvalue weighted by Crippen LogP contribution is 2.26. The Morgan fingerprint density at radius 2 is 2.07 bits per heavy atom. The molecule has 0 radical (unpaired) electrons. The molecule has 2 aromatic rings. The number of anilines is 1. The van der Waals surface area contributed by atoms with Crippen LogP contribution in [0.15, 0.2) is 16.7 Å². The Bertz CT molecular complexity index is 936. The van der Waals surface area contributed by atoms with Gasteiger partial charge in [-0.25, -0.2) is 13.2 Å². The second-order valence-corrected chi connectivity index (χ2v) is 7.18. The predicted molar refractivity (Wildman–Crippen MR) is 100 cm³/mol. The molecule has 2 heterocycles. The molecule has 8 nitrogen and oxygen atoms in total. The number of hydrogen-bond donors (Lipinski definition) is 2. The van der Waals surface area contributed by atoms with Gasteiger partial charge in [-0.05, 0) is 45.4 Å². The molecule has 162 valence electrons. The van der Waals surface area contributed by atoms with Crippen molar-refractivity contribution in [2.75, 3.05) is 25.0 Å². The second kappa shape index (κ2) is 9.24. The number of carbonyl (C=O) groups is 2. The zero-order valence-corrected chi connectivity index (χ0v) is 16.5. The SMILES string of the molecule is Cc1noc([C@@H]2CCCN([C@@H](C)C(=O)NCC(=O)Nc3ccc(F)c(F)c3F)C2)n1. The van der Waals surface area contributed by atoms with Crippen molar-refractivity contribution in [1.29, 1.82) is 0 Å². The molecule has 0 saturated carbocycles. The van der Waals surface area contributed by atoms with Gasteiger partial charge in [0.1, 0.15) is 0 Å². The standard InChI is InChI=1S/C19H22F3N5O3/c1-10(27-7-3-4-12(9-27)19-24-11(2)26-30-19)18(29)23-8-15(28)25-14-6-5-13(20)16(21)17(14)22/h5-6,10,12H,3-4,7-9H2,1-2H3,(H,23,29)(H,25,28)/t10-,12+/m0/s1. The van der Waals surface area contributed by atoms with Crippen molar-refractivity contribution in [2.24, 2.45) is 0 Å². The fourth-order valence-corrected chi connectivity index (χ4v) is 3.34. The zero-order valence-electron chi connectivity index (χ0n) is 16.5. The molecule has 30 heavy (non-hydrogen) atoms. The minimum atomic E-state index is -1.68. The van der Waals surface area contributed by atoms with Crippen molar-refractivity contribution >= 4 is 17.5 Å². The van der Waals surface area contributed by atoms with Crippen LogP contribution in [0.4, 0.5) is 18.9 Å². The summed E-state index contributed by atoms with van der Waals surface area (Å²) in [5, 5.41) is 8.37.